The fourth-order valence-corrected chi connectivity index (χ4v) is 4.21. The lowest BCUT2D eigenvalue weighted by Crippen LogP contribution is -2.26. The van der Waals surface area contributed by atoms with Crippen LogP contribution in [0.4, 0.5) is 10.3 Å². The number of thiazole rings is 1. The van der Waals surface area contributed by atoms with E-state index in [9.17, 15) is 4.39 Å². The molecule has 0 unspecified atom stereocenters. The van der Waals surface area contributed by atoms with Crippen molar-refractivity contribution in [1.82, 2.24) is 15.0 Å². The molecular weight excluding hydrogens is 343 g/mol. The van der Waals surface area contributed by atoms with Gasteiger partial charge < -0.3 is 14.4 Å². The molecule has 2 aromatic rings. The molecule has 2 aliphatic rings. The maximum Gasteiger partial charge on any atom is 0.225 e. The minimum atomic E-state index is -0.412. The molecule has 0 saturated carbocycles. The Labute approximate surface area is 150 Å². The standard InChI is InChI=1S/C17H21FN4O2S/c1-11-21-14(10-25-11)9-23-3-2-12-8-24-16-7-22(6-15(12)16)17-19-4-13(18)5-20-17/h4-5,10,12,15-16H,2-3,6-9H2,1H3/t12-,15-,16-/m1/s1. The molecule has 2 fully saturated rings. The minimum absolute atomic E-state index is 0.208. The molecule has 0 N–H and O–H groups in total. The molecule has 0 aliphatic carbocycles. The van der Waals surface area contributed by atoms with Gasteiger partial charge in [0, 0.05) is 31.0 Å². The average Bonchev–Trinajstić information content (AvgIpc) is 3.29. The summed E-state index contributed by atoms with van der Waals surface area (Å²) in [6, 6.07) is 0. The summed E-state index contributed by atoms with van der Waals surface area (Å²) >= 11 is 1.65. The lowest BCUT2D eigenvalue weighted by Gasteiger charge is -2.19. The van der Waals surface area contributed by atoms with Gasteiger partial charge in [0.1, 0.15) is 0 Å². The van der Waals surface area contributed by atoms with Crippen LogP contribution in [0, 0.1) is 24.6 Å². The quantitative estimate of drug-likeness (QED) is 0.734. The number of rotatable bonds is 6. The van der Waals surface area contributed by atoms with Crippen molar-refractivity contribution >= 4 is 17.3 Å². The number of hydrogen-bond donors (Lipinski definition) is 0. The zero-order valence-electron chi connectivity index (χ0n) is 14.1. The number of ether oxygens (including phenoxy) is 2. The van der Waals surface area contributed by atoms with Crippen LogP contribution in [0.1, 0.15) is 17.1 Å². The molecule has 0 amide bonds. The molecule has 0 aromatic carbocycles. The Morgan fingerprint density at radius 2 is 2.20 bits per heavy atom. The van der Waals surface area contributed by atoms with Crippen LogP contribution in [0.25, 0.3) is 0 Å². The van der Waals surface area contributed by atoms with Gasteiger partial charge in [0.2, 0.25) is 5.95 Å². The van der Waals surface area contributed by atoms with Crippen molar-refractivity contribution < 1.29 is 13.9 Å². The third-order valence-electron chi connectivity index (χ3n) is 4.88. The van der Waals surface area contributed by atoms with E-state index < -0.39 is 5.82 Å². The summed E-state index contributed by atoms with van der Waals surface area (Å²) in [6.45, 7) is 5.69. The van der Waals surface area contributed by atoms with E-state index in [0.717, 1.165) is 36.8 Å². The first-order chi connectivity index (χ1) is 12.2. The fourth-order valence-electron chi connectivity index (χ4n) is 3.61. The van der Waals surface area contributed by atoms with Crippen LogP contribution in [0.5, 0.6) is 0 Å². The SMILES string of the molecule is Cc1nc(COCC[C@@H]2CO[C@@H]3CN(c4ncc(F)cn4)C[C@H]23)cs1. The van der Waals surface area contributed by atoms with E-state index in [2.05, 4.69) is 19.9 Å². The zero-order valence-corrected chi connectivity index (χ0v) is 14.9. The molecule has 8 heteroatoms. The predicted octanol–water partition coefficient (Wildman–Crippen LogP) is 2.44. The van der Waals surface area contributed by atoms with Crippen LogP contribution in [0.15, 0.2) is 17.8 Å². The summed E-state index contributed by atoms with van der Waals surface area (Å²) in [5.41, 5.74) is 1.00. The van der Waals surface area contributed by atoms with Gasteiger partial charge in [-0.1, -0.05) is 0 Å². The topological polar surface area (TPSA) is 60.4 Å². The van der Waals surface area contributed by atoms with Crippen LogP contribution >= 0.6 is 11.3 Å². The number of nitrogens with zero attached hydrogens (tertiary/aromatic N) is 4. The van der Waals surface area contributed by atoms with Gasteiger partial charge in [0.15, 0.2) is 5.82 Å². The van der Waals surface area contributed by atoms with Crippen LogP contribution < -0.4 is 4.90 Å². The Morgan fingerprint density at radius 1 is 1.36 bits per heavy atom. The van der Waals surface area contributed by atoms with Crippen LogP contribution in [-0.2, 0) is 16.1 Å². The molecule has 0 radical (unpaired) electrons. The summed E-state index contributed by atoms with van der Waals surface area (Å²) in [5, 5.41) is 3.11. The highest BCUT2D eigenvalue weighted by Crippen LogP contribution is 2.36. The number of hydrogen-bond acceptors (Lipinski definition) is 7. The number of anilines is 1. The smallest absolute Gasteiger partial charge is 0.225 e. The van der Waals surface area contributed by atoms with E-state index >= 15 is 0 Å². The summed E-state index contributed by atoms with van der Waals surface area (Å²) in [7, 11) is 0. The average molecular weight is 364 g/mol. The molecular formula is C17H21FN4O2S. The number of fused-ring (bicyclic) bond motifs is 1. The van der Waals surface area contributed by atoms with Crippen molar-refractivity contribution in [3.63, 3.8) is 0 Å². The third-order valence-corrected chi connectivity index (χ3v) is 5.70. The molecule has 4 rings (SSSR count). The van der Waals surface area contributed by atoms with Crippen molar-refractivity contribution in [2.45, 2.75) is 26.1 Å². The lowest BCUT2D eigenvalue weighted by atomic mass is 9.91. The molecule has 0 bridgehead atoms. The molecule has 2 saturated heterocycles. The molecule has 0 spiro atoms. The van der Waals surface area contributed by atoms with E-state index in [1.165, 1.54) is 12.4 Å². The van der Waals surface area contributed by atoms with Crippen molar-refractivity contribution in [3.05, 3.63) is 34.3 Å². The number of aryl methyl sites for hydroxylation is 1. The zero-order chi connectivity index (χ0) is 17.2. The fraction of sp³-hybridized carbons (Fsp3) is 0.588. The lowest BCUT2D eigenvalue weighted by molar-refractivity contribution is 0.0928. The Morgan fingerprint density at radius 3 is 2.96 bits per heavy atom. The summed E-state index contributed by atoms with van der Waals surface area (Å²) in [4.78, 5) is 14.6. The molecule has 134 valence electrons. The normalized spacial score (nSPS) is 25.5. The first kappa shape index (κ1) is 16.8. The Kier molecular flexibility index (Phi) is 4.91. The van der Waals surface area contributed by atoms with Crippen molar-refractivity contribution in [1.29, 1.82) is 0 Å². The maximum atomic E-state index is 13.0. The second kappa shape index (κ2) is 7.31. The van der Waals surface area contributed by atoms with Gasteiger partial charge >= 0.3 is 0 Å². The summed E-state index contributed by atoms with van der Waals surface area (Å²) in [5.74, 6) is 1.10. The molecule has 25 heavy (non-hydrogen) atoms. The molecule has 6 nitrogen and oxygen atoms in total. The van der Waals surface area contributed by atoms with Gasteiger partial charge in [-0.25, -0.2) is 19.3 Å². The highest BCUT2D eigenvalue weighted by atomic mass is 32.1. The van der Waals surface area contributed by atoms with E-state index in [0.29, 0.717) is 31.0 Å². The molecule has 2 aliphatic heterocycles. The third kappa shape index (κ3) is 3.80. The minimum Gasteiger partial charge on any atom is -0.376 e. The van der Waals surface area contributed by atoms with Crippen molar-refractivity contribution in [3.8, 4) is 0 Å². The van der Waals surface area contributed by atoms with Crippen LogP contribution in [-0.4, -0.2) is 47.4 Å². The molecule has 3 atom stereocenters. The van der Waals surface area contributed by atoms with Crippen molar-refractivity contribution in [2.75, 3.05) is 31.2 Å². The van der Waals surface area contributed by atoms with Crippen LogP contribution in [0.2, 0.25) is 0 Å². The summed E-state index contributed by atoms with van der Waals surface area (Å²) < 4.78 is 24.7. The van der Waals surface area contributed by atoms with Gasteiger partial charge in [-0.15, -0.1) is 11.3 Å². The van der Waals surface area contributed by atoms with Crippen LogP contribution in [0.3, 0.4) is 0 Å². The Bertz CT molecular complexity index is 711. The highest BCUT2D eigenvalue weighted by molar-refractivity contribution is 7.09. The van der Waals surface area contributed by atoms with E-state index in [1.807, 2.05) is 12.3 Å². The second-order valence-corrected chi connectivity index (χ2v) is 7.66. The summed E-state index contributed by atoms with van der Waals surface area (Å²) in [6.07, 6.45) is 3.61. The van der Waals surface area contributed by atoms with E-state index in [4.69, 9.17) is 9.47 Å². The van der Waals surface area contributed by atoms with Gasteiger partial charge in [0.05, 0.1) is 42.4 Å². The van der Waals surface area contributed by atoms with Gasteiger partial charge in [-0.2, -0.15) is 0 Å². The molecule has 4 heterocycles. The highest BCUT2D eigenvalue weighted by Gasteiger charge is 2.44. The van der Waals surface area contributed by atoms with Gasteiger partial charge in [0.25, 0.3) is 0 Å². The largest absolute Gasteiger partial charge is 0.376 e. The first-order valence-electron chi connectivity index (χ1n) is 8.52. The Balaban J connectivity index is 1.26. The second-order valence-electron chi connectivity index (χ2n) is 6.60. The van der Waals surface area contributed by atoms with E-state index in [-0.39, 0.29) is 6.10 Å². The monoisotopic (exact) mass is 364 g/mol. The predicted molar refractivity (Wildman–Crippen MR) is 92.0 cm³/mol. The Hall–Kier alpha value is -1.64. The van der Waals surface area contributed by atoms with E-state index in [1.54, 1.807) is 11.3 Å². The molecule has 2 aromatic heterocycles. The number of halogens is 1. The number of aromatic nitrogens is 3. The van der Waals surface area contributed by atoms with Gasteiger partial charge in [-0.05, 0) is 19.3 Å². The first-order valence-corrected chi connectivity index (χ1v) is 9.40. The van der Waals surface area contributed by atoms with Gasteiger partial charge in [-0.3, -0.25) is 0 Å². The maximum absolute atomic E-state index is 13.0. The van der Waals surface area contributed by atoms with Crippen molar-refractivity contribution in [2.24, 2.45) is 11.8 Å².